The van der Waals surface area contributed by atoms with Crippen LogP contribution in [-0.4, -0.2) is 24.0 Å². The fourth-order valence-corrected chi connectivity index (χ4v) is 4.69. The number of phenols is 1. The molecule has 0 fully saturated rings. The van der Waals surface area contributed by atoms with Crippen molar-refractivity contribution in [3.8, 4) is 33.8 Å². The normalized spacial score (nSPS) is 10.9. The molecule has 1 N–H and O–H groups in total. The van der Waals surface area contributed by atoms with Crippen molar-refractivity contribution in [3.05, 3.63) is 117 Å². The summed E-state index contributed by atoms with van der Waals surface area (Å²) in [4.78, 5) is 21.4. The number of benzene rings is 4. The zero-order valence-electron chi connectivity index (χ0n) is 22.5. The van der Waals surface area contributed by atoms with Gasteiger partial charge in [0.1, 0.15) is 11.5 Å². The molecule has 201 valence electrons. The van der Waals surface area contributed by atoms with Crippen molar-refractivity contribution in [2.45, 2.75) is 39.3 Å². The summed E-state index contributed by atoms with van der Waals surface area (Å²) in [5.74, 6) is 0.865. The van der Waals surface area contributed by atoms with E-state index in [-0.39, 0.29) is 27.5 Å². The van der Waals surface area contributed by atoms with Gasteiger partial charge < -0.3 is 9.53 Å². The van der Waals surface area contributed by atoms with E-state index in [0.717, 1.165) is 16.9 Å². The van der Waals surface area contributed by atoms with Crippen molar-refractivity contribution in [2.75, 3.05) is 0 Å². The number of hydrogen-bond donors (Lipinski definition) is 1. The average molecular weight is 544 g/mol. The molecule has 0 aliphatic carbocycles. The van der Waals surface area contributed by atoms with Gasteiger partial charge >= 0.3 is 0 Å². The van der Waals surface area contributed by atoms with Gasteiger partial charge in [0.15, 0.2) is 0 Å². The summed E-state index contributed by atoms with van der Waals surface area (Å²) >= 11 is 0. The van der Waals surface area contributed by atoms with Crippen LogP contribution in [0.15, 0.2) is 91.0 Å². The van der Waals surface area contributed by atoms with Crippen LogP contribution < -0.4 is 4.43 Å². The Morgan fingerprint density at radius 2 is 1.23 bits per heavy atom. The summed E-state index contributed by atoms with van der Waals surface area (Å²) in [6.07, 6.45) is 0. The smallest absolute Gasteiger partial charge is 0.277 e. The number of para-hydroxylation sites is 3. The first-order valence-corrected chi connectivity index (χ1v) is 14.7. The Kier molecular flexibility index (Phi) is 9.21. The average Bonchev–Trinajstić information content (AvgIpc) is 2.88. The first-order valence-electron chi connectivity index (χ1n) is 12.3. The number of phenolic OH excluding ortho intramolecular Hbond substituents is 1. The second-order valence-electron chi connectivity index (χ2n) is 10.0. The number of aromatic hydroxyl groups is 1. The highest BCUT2D eigenvalue weighted by Crippen LogP contribution is 2.42. The molecule has 0 aliphatic heterocycles. The minimum absolute atomic E-state index is 0.0353. The molecule has 0 atom stereocenters. The van der Waals surface area contributed by atoms with Crippen LogP contribution >= 0.6 is 0 Å². The van der Waals surface area contributed by atoms with Crippen LogP contribution in [0.2, 0.25) is 13.1 Å². The van der Waals surface area contributed by atoms with E-state index >= 15 is 0 Å². The largest absolute Gasteiger partial charge is 0.542 e. The molecular formula is C30H31N2O6Si. The van der Waals surface area contributed by atoms with Crippen molar-refractivity contribution in [1.82, 2.24) is 0 Å². The molecular weight excluding hydrogens is 512 g/mol. The van der Waals surface area contributed by atoms with Gasteiger partial charge in [-0.15, -0.1) is 0 Å². The number of nitro groups is 2. The Hall–Kier alpha value is -4.50. The van der Waals surface area contributed by atoms with Crippen molar-refractivity contribution in [2.24, 2.45) is 0 Å². The third-order valence-electron chi connectivity index (χ3n) is 5.78. The minimum atomic E-state index is -1.00. The van der Waals surface area contributed by atoms with Gasteiger partial charge in [-0.2, -0.15) is 0 Å². The van der Waals surface area contributed by atoms with Crippen LogP contribution in [0, 0.1) is 20.2 Å². The Labute approximate surface area is 229 Å². The molecule has 0 bridgehead atoms. The molecule has 0 spiro atoms. The molecule has 8 nitrogen and oxygen atoms in total. The van der Waals surface area contributed by atoms with E-state index < -0.39 is 14.0 Å². The maximum absolute atomic E-state index is 11.4. The third kappa shape index (κ3) is 7.29. The van der Waals surface area contributed by atoms with Gasteiger partial charge in [-0.25, -0.2) is 0 Å². The van der Waals surface area contributed by atoms with E-state index in [4.69, 9.17) is 4.43 Å². The van der Waals surface area contributed by atoms with Gasteiger partial charge in [0, 0.05) is 17.7 Å². The van der Waals surface area contributed by atoms with Crippen molar-refractivity contribution < 1.29 is 19.4 Å². The first-order chi connectivity index (χ1) is 18.4. The van der Waals surface area contributed by atoms with Crippen LogP contribution in [0.25, 0.3) is 22.3 Å². The van der Waals surface area contributed by atoms with E-state index in [9.17, 15) is 25.3 Å². The van der Waals surface area contributed by atoms with Crippen LogP contribution in [0.5, 0.6) is 11.5 Å². The summed E-state index contributed by atoms with van der Waals surface area (Å²) in [5.41, 5.74) is 3.62. The van der Waals surface area contributed by atoms with Gasteiger partial charge in [-0.3, -0.25) is 20.2 Å². The third-order valence-corrected chi connectivity index (χ3v) is 6.39. The minimum Gasteiger partial charge on any atom is -0.542 e. The molecule has 4 aromatic carbocycles. The fourth-order valence-electron chi connectivity index (χ4n) is 4.06. The molecule has 0 saturated carbocycles. The predicted molar refractivity (Wildman–Crippen MR) is 156 cm³/mol. The molecule has 1 radical (unpaired) electrons. The van der Waals surface area contributed by atoms with Gasteiger partial charge in [0.2, 0.25) is 0 Å². The van der Waals surface area contributed by atoms with Gasteiger partial charge in [-0.1, -0.05) is 75.4 Å². The quantitative estimate of drug-likeness (QED) is 0.149. The van der Waals surface area contributed by atoms with Gasteiger partial charge in [0.25, 0.3) is 20.4 Å². The van der Waals surface area contributed by atoms with E-state index in [2.05, 4.69) is 33.9 Å². The van der Waals surface area contributed by atoms with Crippen molar-refractivity contribution in [1.29, 1.82) is 0 Å². The SMILES string of the molecule is C[Si](C)Oc1c(-c2ccccc2[N+](=O)[O-])cccc1C(C)(C)C.O=[N+]([O-])c1ccccc1-c1cccc(O)c1. The maximum atomic E-state index is 11.4. The lowest BCUT2D eigenvalue weighted by molar-refractivity contribution is -0.384. The monoisotopic (exact) mass is 543 g/mol. The maximum Gasteiger partial charge on any atom is 0.277 e. The molecule has 0 unspecified atom stereocenters. The van der Waals surface area contributed by atoms with E-state index in [1.54, 1.807) is 42.5 Å². The van der Waals surface area contributed by atoms with E-state index in [1.165, 1.54) is 24.3 Å². The molecule has 0 aromatic heterocycles. The number of hydrogen-bond acceptors (Lipinski definition) is 6. The standard InChI is InChI=1S/C18H22NO3Si.C12H9NO3/c1-18(2,3)15-11-8-10-14(17(15)22-23(4)5)13-9-6-7-12-16(13)19(20)21;14-10-5-3-4-9(8-10)11-6-1-2-7-12(11)13(15)16/h6-12H,1-5H3;1-8,14H. The lowest BCUT2D eigenvalue weighted by Crippen LogP contribution is -2.19. The topological polar surface area (TPSA) is 116 Å². The highest BCUT2D eigenvalue weighted by molar-refractivity contribution is 6.49. The van der Waals surface area contributed by atoms with Gasteiger partial charge in [-0.05, 0) is 53.9 Å². The fraction of sp³-hybridized carbons (Fsp3) is 0.200. The summed E-state index contributed by atoms with van der Waals surface area (Å²) in [6.45, 7) is 10.5. The Morgan fingerprint density at radius 1 is 0.718 bits per heavy atom. The van der Waals surface area contributed by atoms with Gasteiger partial charge in [0.05, 0.1) is 21.0 Å². The highest BCUT2D eigenvalue weighted by atomic mass is 28.3. The molecule has 0 saturated heterocycles. The molecule has 0 aliphatic rings. The Morgan fingerprint density at radius 3 is 1.77 bits per heavy atom. The molecule has 0 amide bonds. The summed E-state index contributed by atoms with van der Waals surface area (Å²) < 4.78 is 6.17. The second-order valence-corrected chi connectivity index (χ2v) is 12.1. The number of rotatable bonds is 6. The zero-order chi connectivity index (χ0) is 28.7. The highest BCUT2D eigenvalue weighted by Gasteiger charge is 2.25. The Bertz CT molecular complexity index is 1480. The number of nitrogens with zero attached hydrogens (tertiary/aromatic N) is 2. The molecule has 0 heterocycles. The van der Waals surface area contributed by atoms with Crippen LogP contribution in [0.1, 0.15) is 26.3 Å². The first kappa shape index (κ1) is 29.1. The predicted octanol–water partition coefficient (Wildman–Crippen LogP) is 8.16. The van der Waals surface area contributed by atoms with Crippen molar-refractivity contribution >= 4 is 20.4 Å². The van der Waals surface area contributed by atoms with Crippen LogP contribution in [0.4, 0.5) is 11.4 Å². The Balaban J connectivity index is 0.000000230. The van der Waals surface area contributed by atoms with Crippen molar-refractivity contribution in [3.63, 3.8) is 0 Å². The zero-order valence-corrected chi connectivity index (χ0v) is 23.5. The van der Waals surface area contributed by atoms with E-state index in [0.29, 0.717) is 16.7 Å². The summed E-state index contributed by atoms with van der Waals surface area (Å²) in [5, 5.41) is 31.5. The molecule has 39 heavy (non-hydrogen) atoms. The van der Waals surface area contributed by atoms with Crippen LogP contribution in [0.3, 0.4) is 0 Å². The van der Waals surface area contributed by atoms with E-state index in [1.807, 2.05) is 24.3 Å². The molecule has 9 heteroatoms. The summed E-state index contributed by atoms with van der Waals surface area (Å²) in [7, 11) is -1.00. The lowest BCUT2D eigenvalue weighted by atomic mass is 9.84. The summed E-state index contributed by atoms with van der Waals surface area (Å²) in [6, 6.07) is 25.6. The number of nitro benzene ring substituents is 2. The molecule has 4 aromatic rings. The molecule has 4 rings (SSSR count). The second kappa shape index (κ2) is 12.4. The lowest BCUT2D eigenvalue weighted by Gasteiger charge is -2.26. The van der Waals surface area contributed by atoms with Crippen LogP contribution in [-0.2, 0) is 5.41 Å².